The average Bonchev–Trinajstić information content (AvgIpc) is 2.26. The van der Waals surface area contributed by atoms with E-state index in [1.54, 1.807) is 0 Å². The van der Waals surface area contributed by atoms with E-state index in [9.17, 15) is 5.11 Å². The van der Waals surface area contributed by atoms with Crippen LogP contribution in [0.15, 0.2) is 0 Å². The van der Waals surface area contributed by atoms with Crippen LogP contribution in [0, 0.1) is 5.41 Å². The highest BCUT2D eigenvalue weighted by Crippen LogP contribution is 2.42. The van der Waals surface area contributed by atoms with Crippen LogP contribution in [0.3, 0.4) is 0 Å². The van der Waals surface area contributed by atoms with Gasteiger partial charge in [-0.1, -0.05) is 20.8 Å². The highest BCUT2D eigenvalue weighted by Gasteiger charge is 2.51. The maximum absolute atomic E-state index is 9.70. The first-order valence-electron chi connectivity index (χ1n) is 4.55. The second-order valence-corrected chi connectivity index (χ2v) is 4.20. The maximum Gasteiger partial charge on any atom is 0.148 e. The number of ether oxygens (including phenoxy) is 1. The molecule has 1 rings (SSSR count). The van der Waals surface area contributed by atoms with Gasteiger partial charge in [-0.05, 0) is 12.8 Å². The molecule has 0 radical (unpaired) electrons. The second-order valence-electron chi connectivity index (χ2n) is 4.20. The van der Waals surface area contributed by atoms with Gasteiger partial charge < -0.3 is 15.6 Å². The maximum atomic E-state index is 9.70. The van der Waals surface area contributed by atoms with E-state index < -0.39 is 11.8 Å². The fourth-order valence-electron chi connectivity index (χ4n) is 1.72. The van der Waals surface area contributed by atoms with Crippen molar-refractivity contribution in [2.75, 3.05) is 6.61 Å². The molecule has 0 amide bonds. The third kappa shape index (κ3) is 1.26. The van der Waals surface area contributed by atoms with Crippen LogP contribution in [0.5, 0.6) is 0 Å². The lowest BCUT2D eigenvalue weighted by molar-refractivity contribution is -0.131. The second kappa shape index (κ2) is 2.98. The van der Waals surface area contributed by atoms with Crippen LogP contribution in [-0.4, -0.2) is 23.5 Å². The van der Waals surface area contributed by atoms with Crippen molar-refractivity contribution in [3.05, 3.63) is 0 Å². The lowest BCUT2D eigenvalue weighted by Crippen LogP contribution is -2.58. The van der Waals surface area contributed by atoms with E-state index in [-0.39, 0.29) is 5.41 Å². The van der Waals surface area contributed by atoms with Crippen molar-refractivity contribution in [1.82, 2.24) is 0 Å². The summed E-state index contributed by atoms with van der Waals surface area (Å²) in [6, 6.07) is 0. The van der Waals surface area contributed by atoms with Crippen molar-refractivity contribution in [1.29, 1.82) is 0 Å². The van der Waals surface area contributed by atoms with Gasteiger partial charge in [0.25, 0.3) is 0 Å². The zero-order valence-electron chi connectivity index (χ0n) is 8.13. The molecule has 0 spiro atoms. The van der Waals surface area contributed by atoms with Gasteiger partial charge in [0.2, 0.25) is 0 Å². The molecule has 1 aliphatic rings. The normalized spacial score (nSPS) is 36.8. The molecule has 1 saturated heterocycles. The molecule has 3 N–H and O–H groups in total. The van der Waals surface area contributed by atoms with E-state index in [0.717, 1.165) is 6.42 Å². The van der Waals surface area contributed by atoms with E-state index in [0.29, 0.717) is 13.0 Å². The van der Waals surface area contributed by atoms with Gasteiger partial charge in [0.15, 0.2) is 0 Å². The summed E-state index contributed by atoms with van der Waals surface area (Å²) in [5.41, 5.74) is 5.05. The Bertz CT molecular complexity index is 170. The summed E-state index contributed by atoms with van der Waals surface area (Å²) in [5, 5.41) is 9.70. The number of nitrogens with two attached hydrogens (primary N) is 1. The molecule has 0 bridgehead atoms. The van der Waals surface area contributed by atoms with Crippen LogP contribution in [0.4, 0.5) is 0 Å². The van der Waals surface area contributed by atoms with Crippen LogP contribution >= 0.6 is 0 Å². The van der Waals surface area contributed by atoms with Crippen LogP contribution in [0.25, 0.3) is 0 Å². The topological polar surface area (TPSA) is 55.5 Å². The molecule has 0 aromatic carbocycles. The lowest BCUT2D eigenvalue weighted by Gasteiger charge is -2.39. The Hall–Kier alpha value is -0.120. The Morgan fingerprint density at radius 2 is 2.17 bits per heavy atom. The summed E-state index contributed by atoms with van der Waals surface area (Å²) >= 11 is 0. The van der Waals surface area contributed by atoms with Crippen molar-refractivity contribution >= 4 is 0 Å². The average molecular weight is 173 g/mol. The Morgan fingerprint density at radius 3 is 2.50 bits per heavy atom. The zero-order chi connectivity index (χ0) is 9.41. The van der Waals surface area contributed by atoms with Gasteiger partial charge >= 0.3 is 0 Å². The molecule has 0 aliphatic carbocycles. The summed E-state index contributed by atoms with van der Waals surface area (Å²) in [6.07, 6.45) is 0.996. The summed E-state index contributed by atoms with van der Waals surface area (Å²) < 4.78 is 5.44. The van der Waals surface area contributed by atoms with E-state index >= 15 is 0 Å². The molecule has 12 heavy (non-hydrogen) atoms. The Kier molecular flexibility index (Phi) is 2.47. The van der Waals surface area contributed by atoms with Crippen LogP contribution < -0.4 is 5.73 Å². The molecule has 3 nitrogen and oxygen atoms in total. The third-order valence-electron chi connectivity index (χ3n) is 3.01. The van der Waals surface area contributed by atoms with Crippen molar-refractivity contribution < 1.29 is 9.84 Å². The molecule has 0 aromatic heterocycles. The first-order chi connectivity index (χ1) is 5.44. The van der Waals surface area contributed by atoms with Crippen molar-refractivity contribution in [3.8, 4) is 0 Å². The minimum Gasteiger partial charge on any atom is -0.389 e. The number of hydrogen-bond donors (Lipinski definition) is 2. The van der Waals surface area contributed by atoms with Gasteiger partial charge in [0.05, 0.1) is 6.10 Å². The highest BCUT2D eigenvalue weighted by molar-refractivity contribution is 4.98. The molecular weight excluding hydrogens is 154 g/mol. The monoisotopic (exact) mass is 173 g/mol. The molecule has 1 heterocycles. The van der Waals surface area contributed by atoms with Crippen molar-refractivity contribution in [2.24, 2.45) is 11.1 Å². The molecule has 72 valence electrons. The standard InChI is InChI=1S/C9H19NO2/c1-4-7(11)9(10)8(2,3)5-6-12-9/h7,11H,4-6,10H2,1-3H3/t7-,9+/m0/s1. The SMILES string of the molecule is CC[C@H](O)[C@@]1(N)OCCC1(C)C. The zero-order valence-corrected chi connectivity index (χ0v) is 8.13. The summed E-state index contributed by atoms with van der Waals surface area (Å²) in [6.45, 7) is 6.65. The quantitative estimate of drug-likeness (QED) is 0.651. The van der Waals surface area contributed by atoms with Gasteiger partial charge in [-0.25, -0.2) is 0 Å². The first kappa shape index (κ1) is 9.96. The third-order valence-corrected chi connectivity index (χ3v) is 3.01. The predicted octanol–water partition coefficient (Wildman–Crippen LogP) is 0.859. The fourth-order valence-corrected chi connectivity index (χ4v) is 1.72. The summed E-state index contributed by atoms with van der Waals surface area (Å²) in [4.78, 5) is 0. The minimum absolute atomic E-state index is 0.123. The minimum atomic E-state index is -0.845. The molecule has 1 aliphatic heterocycles. The van der Waals surface area contributed by atoms with Crippen LogP contribution in [-0.2, 0) is 4.74 Å². The largest absolute Gasteiger partial charge is 0.389 e. The summed E-state index contributed by atoms with van der Waals surface area (Å²) in [5.74, 6) is 0. The smallest absolute Gasteiger partial charge is 0.148 e. The number of rotatable bonds is 2. The molecule has 0 unspecified atom stereocenters. The Morgan fingerprint density at radius 1 is 1.58 bits per heavy atom. The van der Waals surface area contributed by atoms with E-state index in [1.807, 2.05) is 20.8 Å². The van der Waals surface area contributed by atoms with E-state index in [2.05, 4.69) is 0 Å². The Labute approximate surface area is 73.9 Å². The summed E-state index contributed by atoms with van der Waals surface area (Å²) in [7, 11) is 0. The number of aliphatic hydroxyl groups excluding tert-OH is 1. The number of hydrogen-bond acceptors (Lipinski definition) is 3. The highest BCUT2D eigenvalue weighted by atomic mass is 16.5. The van der Waals surface area contributed by atoms with Crippen molar-refractivity contribution in [3.63, 3.8) is 0 Å². The van der Waals surface area contributed by atoms with Gasteiger partial charge in [0.1, 0.15) is 5.72 Å². The molecule has 1 fully saturated rings. The van der Waals surface area contributed by atoms with Crippen molar-refractivity contribution in [2.45, 2.75) is 45.4 Å². The first-order valence-corrected chi connectivity index (χ1v) is 4.55. The number of aliphatic hydroxyl groups is 1. The van der Waals surface area contributed by atoms with Crippen LogP contribution in [0.1, 0.15) is 33.6 Å². The molecule has 0 saturated carbocycles. The molecule has 2 atom stereocenters. The molecular formula is C9H19NO2. The lowest BCUT2D eigenvalue weighted by atomic mass is 9.77. The van der Waals surface area contributed by atoms with Gasteiger partial charge in [-0.15, -0.1) is 0 Å². The molecule has 0 aromatic rings. The Balaban J connectivity index is 2.82. The fraction of sp³-hybridized carbons (Fsp3) is 1.00. The van der Waals surface area contributed by atoms with E-state index in [1.165, 1.54) is 0 Å². The van der Waals surface area contributed by atoms with Gasteiger partial charge in [-0.2, -0.15) is 0 Å². The predicted molar refractivity (Wildman–Crippen MR) is 47.6 cm³/mol. The van der Waals surface area contributed by atoms with E-state index in [4.69, 9.17) is 10.5 Å². The van der Waals surface area contributed by atoms with Gasteiger partial charge in [0, 0.05) is 12.0 Å². The molecule has 3 heteroatoms. The van der Waals surface area contributed by atoms with Gasteiger partial charge in [-0.3, -0.25) is 0 Å². The van der Waals surface area contributed by atoms with Crippen LogP contribution in [0.2, 0.25) is 0 Å².